The predicted molar refractivity (Wildman–Crippen MR) is 101 cm³/mol. The lowest BCUT2D eigenvalue weighted by Crippen LogP contribution is -2.08. The van der Waals surface area contributed by atoms with Crippen molar-refractivity contribution in [3.63, 3.8) is 0 Å². The zero-order valence-corrected chi connectivity index (χ0v) is 14.5. The molecule has 3 rings (SSSR count). The van der Waals surface area contributed by atoms with Crippen LogP contribution in [-0.2, 0) is 6.42 Å². The highest BCUT2D eigenvalue weighted by Gasteiger charge is 2.22. The van der Waals surface area contributed by atoms with E-state index in [2.05, 4.69) is 82.5 Å². The quantitative estimate of drug-likeness (QED) is 0.678. The Morgan fingerprint density at radius 2 is 1.78 bits per heavy atom. The number of allylic oxidation sites excluding steroid dienone is 2. The second kappa shape index (κ2) is 6.54. The fourth-order valence-electron chi connectivity index (χ4n) is 3.25. The monoisotopic (exact) mass is 305 g/mol. The molecule has 0 spiro atoms. The molecule has 0 aromatic heterocycles. The predicted octanol–water partition coefficient (Wildman–Crippen LogP) is 5.79. The Morgan fingerprint density at radius 1 is 1.04 bits per heavy atom. The van der Waals surface area contributed by atoms with Crippen LogP contribution in [0.3, 0.4) is 0 Å². The highest BCUT2D eigenvalue weighted by molar-refractivity contribution is 5.68. The van der Waals surface area contributed by atoms with E-state index < -0.39 is 0 Å². The lowest BCUT2D eigenvalue weighted by molar-refractivity contribution is 0.768. The summed E-state index contributed by atoms with van der Waals surface area (Å²) >= 11 is 0. The Labute approximate surface area is 141 Å². The number of aryl methyl sites for hydroxylation is 2. The van der Waals surface area contributed by atoms with E-state index in [1.54, 1.807) is 0 Å². The maximum absolute atomic E-state index is 4.71. The van der Waals surface area contributed by atoms with Crippen molar-refractivity contribution in [3.05, 3.63) is 82.1 Å². The molecule has 1 aliphatic heterocycles. The molecule has 0 saturated heterocycles. The molecule has 1 nitrogen and oxygen atoms in total. The van der Waals surface area contributed by atoms with Gasteiger partial charge in [-0.2, -0.15) is 0 Å². The molecule has 0 aliphatic carbocycles. The third kappa shape index (κ3) is 3.44. The van der Waals surface area contributed by atoms with Gasteiger partial charge in [-0.15, -0.1) is 0 Å². The summed E-state index contributed by atoms with van der Waals surface area (Å²) in [4.78, 5) is 4.71. The standard InChI is InChI=1S/C22H25N.H2/c1-15-8-10-19(11-9-15)13-21(22-12-16(2)14-23-22)20-7-5-6-17(3)18(20)4;/h5-12,14,16,21H,13H2,1-4H3;1H. The van der Waals surface area contributed by atoms with Crippen molar-refractivity contribution in [2.75, 3.05) is 0 Å². The van der Waals surface area contributed by atoms with Gasteiger partial charge in [-0.05, 0) is 49.4 Å². The number of nitrogens with zero attached hydrogens (tertiary/aromatic N) is 1. The van der Waals surface area contributed by atoms with E-state index in [1.807, 2.05) is 0 Å². The summed E-state index contributed by atoms with van der Waals surface area (Å²) in [6.07, 6.45) is 5.36. The molecule has 2 atom stereocenters. The Balaban J connectivity index is 0.00000208. The summed E-state index contributed by atoms with van der Waals surface area (Å²) in [5.41, 5.74) is 8.04. The minimum Gasteiger partial charge on any atom is -0.265 e. The number of benzene rings is 2. The van der Waals surface area contributed by atoms with Gasteiger partial charge in [-0.25, -0.2) is 0 Å². The maximum atomic E-state index is 4.71. The van der Waals surface area contributed by atoms with Crippen molar-refractivity contribution in [1.29, 1.82) is 0 Å². The highest BCUT2D eigenvalue weighted by Crippen LogP contribution is 2.34. The Bertz CT molecular complexity index is 756. The molecular formula is C22H27N. The molecule has 0 bridgehead atoms. The number of hydrogen-bond acceptors (Lipinski definition) is 1. The summed E-state index contributed by atoms with van der Waals surface area (Å²) < 4.78 is 0. The van der Waals surface area contributed by atoms with E-state index in [0.717, 1.165) is 6.42 Å². The van der Waals surface area contributed by atoms with Gasteiger partial charge in [0.15, 0.2) is 0 Å². The van der Waals surface area contributed by atoms with Crippen molar-refractivity contribution in [2.24, 2.45) is 10.9 Å². The van der Waals surface area contributed by atoms with Crippen LogP contribution in [0.5, 0.6) is 0 Å². The molecule has 0 fully saturated rings. The molecule has 23 heavy (non-hydrogen) atoms. The van der Waals surface area contributed by atoms with Crippen LogP contribution < -0.4 is 0 Å². The molecular weight excluding hydrogens is 278 g/mol. The Morgan fingerprint density at radius 3 is 2.43 bits per heavy atom. The molecule has 1 heterocycles. The van der Waals surface area contributed by atoms with Gasteiger partial charge in [-0.3, -0.25) is 4.99 Å². The second-order valence-corrected chi connectivity index (χ2v) is 6.76. The van der Waals surface area contributed by atoms with Crippen molar-refractivity contribution >= 4 is 6.21 Å². The van der Waals surface area contributed by atoms with Crippen molar-refractivity contribution in [1.82, 2.24) is 0 Å². The lowest BCUT2D eigenvalue weighted by Gasteiger charge is -2.21. The summed E-state index contributed by atoms with van der Waals surface area (Å²) in [6, 6.07) is 15.5. The van der Waals surface area contributed by atoms with E-state index in [1.165, 1.54) is 33.5 Å². The normalized spacial score (nSPS) is 18.1. The molecule has 1 heteroatoms. The molecule has 120 valence electrons. The van der Waals surface area contributed by atoms with Crippen LogP contribution in [0.15, 0.2) is 59.2 Å². The van der Waals surface area contributed by atoms with Crippen LogP contribution in [0.25, 0.3) is 0 Å². The molecule has 0 saturated carbocycles. The van der Waals surface area contributed by atoms with E-state index in [4.69, 9.17) is 4.99 Å². The minimum absolute atomic E-state index is 0. The SMILES string of the molecule is Cc1ccc(CC(C2=CC(C)C=N2)c2cccc(C)c2C)cc1.[HH]. The van der Waals surface area contributed by atoms with Crippen LogP contribution >= 0.6 is 0 Å². The van der Waals surface area contributed by atoms with Gasteiger partial charge in [0.2, 0.25) is 0 Å². The van der Waals surface area contributed by atoms with Gasteiger partial charge in [-0.1, -0.05) is 61.0 Å². The lowest BCUT2D eigenvalue weighted by atomic mass is 9.85. The first-order valence-corrected chi connectivity index (χ1v) is 8.42. The van der Waals surface area contributed by atoms with Gasteiger partial charge in [0.05, 0.1) is 0 Å². The Hall–Kier alpha value is -2.15. The minimum atomic E-state index is 0. The molecule has 2 aromatic carbocycles. The zero-order chi connectivity index (χ0) is 16.4. The van der Waals surface area contributed by atoms with Crippen LogP contribution in [0, 0.1) is 26.7 Å². The first-order chi connectivity index (χ1) is 11.0. The third-order valence-corrected chi connectivity index (χ3v) is 4.83. The third-order valence-electron chi connectivity index (χ3n) is 4.83. The summed E-state index contributed by atoms with van der Waals surface area (Å²) in [5, 5.41) is 0. The largest absolute Gasteiger partial charge is 0.265 e. The van der Waals surface area contributed by atoms with E-state index >= 15 is 0 Å². The average molecular weight is 305 g/mol. The second-order valence-electron chi connectivity index (χ2n) is 6.76. The van der Waals surface area contributed by atoms with E-state index in [-0.39, 0.29) is 1.43 Å². The van der Waals surface area contributed by atoms with Gasteiger partial charge in [0.1, 0.15) is 0 Å². The van der Waals surface area contributed by atoms with Crippen LogP contribution in [0.2, 0.25) is 0 Å². The fourth-order valence-corrected chi connectivity index (χ4v) is 3.25. The molecule has 0 N–H and O–H groups in total. The van der Waals surface area contributed by atoms with Crippen LogP contribution in [0.1, 0.15) is 42.1 Å². The Kier molecular flexibility index (Phi) is 4.47. The van der Waals surface area contributed by atoms with Crippen LogP contribution in [0.4, 0.5) is 0 Å². The number of rotatable bonds is 4. The average Bonchev–Trinajstić information content (AvgIpc) is 2.96. The van der Waals surface area contributed by atoms with Crippen LogP contribution in [-0.4, -0.2) is 6.21 Å². The summed E-state index contributed by atoms with van der Waals surface area (Å²) in [7, 11) is 0. The molecule has 2 unspecified atom stereocenters. The molecule has 0 amide bonds. The zero-order valence-electron chi connectivity index (χ0n) is 14.5. The molecule has 0 radical (unpaired) electrons. The molecule has 2 aromatic rings. The van der Waals surface area contributed by atoms with Crippen molar-refractivity contribution < 1.29 is 1.43 Å². The number of hydrogen-bond donors (Lipinski definition) is 0. The van der Waals surface area contributed by atoms with Gasteiger partial charge in [0.25, 0.3) is 0 Å². The summed E-state index contributed by atoms with van der Waals surface area (Å²) in [6.45, 7) is 8.76. The smallest absolute Gasteiger partial charge is 0.0444 e. The van der Waals surface area contributed by atoms with Gasteiger partial charge in [0, 0.05) is 25.2 Å². The number of aliphatic imine (C=N–C) groups is 1. The van der Waals surface area contributed by atoms with E-state index in [0.29, 0.717) is 11.8 Å². The van der Waals surface area contributed by atoms with Crippen molar-refractivity contribution in [2.45, 2.75) is 40.0 Å². The van der Waals surface area contributed by atoms with E-state index in [9.17, 15) is 0 Å². The van der Waals surface area contributed by atoms with Gasteiger partial charge >= 0.3 is 0 Å². The fraction of sp³-hybridized carbons (Fsp3) is 0.318. The van der Waals surface area contributed by atoms with Crippen molar-refractivity contribution in [3.8, 4) is 0 Å². The maximum Gasteiger partial charge on any atom is 0.0444 e. The first-order valence-electron chi connectivity index (χ1n) is 8.42. The summed E-state index contributed by atoms with van der Waals surface area (Å²) in [5.74, 6) is 0.773. The highest BCUT2D eigenvalue weighted by atomic mass is 14.8. The topological polar surface area (TPSA) is 12.4 Å². The molecule has 1 aliphatic rings. The van der Waals surface area contributed by atoms with Gasteiger partial charge < -0.3 is 0 Å². The first kappa shape index (κ1) is 15.7.